The van der Waals surface area contributed by atoms with Crippen LogP contribution in [0.2, 0.25) is 0 Å². The predicted octanol–water partition coefficient (Wildman–Crippen LogP) is 1.53. The fraction of sp³-hybridized carbons (Fsp3) is 0.250. The molecule has 0 unspecified atom stereocenters. The number of aromatic nitrogens is 2. The molecule has 1 N–H and O–H groups in total. The zero-order chi connectivity index (χ0) is 13.0. The van der Waals surface area contributed by atoms with Crippen LogP contribution in [0.25, 0.3) is 0 Å². The van der Waals surface area contributed by atoms with Gasteiger partial charge in [0.1, 0.15) is 6.20 Å². The minimum atomic E-state index is -0.530. The van der Waals surface area contributed by atoms with Gasteiger partial charge in [0, 0.05) is 6.54 Å². The average Bonchev–Trinajstić information content (AvgIpc) is 2.81. The lowest BCUT2D eigenvalue weighted by Gasteiger charge is -2.00. The van der Waals surface area contributed by atoms with Crippen molar-refractivity contribution in [3.05, 3.63) is 57.9 Å². The van der Waals surface area contributed by atoms with E-state index in [-0.39, 0.29) is 11.4 Å². The van der Waals surface area contributed by atoms with Gasteiger partial charge in [-0.1, -0.05) is 30.3 Å². The number of aliphatic hydroxyl groups is 1. The number of aliphatic hydroxyl groups excluding tert-OH is 1. The van der Waals surface area contributed by atoms with Crippen molar-refractivity contribution in [3.8, 4) is 0 Å². The van der Waals surface area contributed by atoms with Gasteiger partial charge in [-0.05, 0) is 12.0 Å². The summed E-state index contributed by atoms with van der Waals surface area (Å²) >= 11 is 0. The maximum Gasteiger partial charge on any atom is 0.312 e. The quantitative estimate of drug-likeness (QED) is 0.641. The van der Waals surface area contributed by atoms with E-state index in [2.05, 4.69) is 5.10 Å². The summed E-state index contributed by atoms with van der Waals surface area (Å²) in [5.41, 5.74) is 1.11. The highest BCUT2D eigenvalue weighted by molar-refractivity contribution is 5.31. The smallest absolute Gasteiger partial charge is 0.312 e. The number of rotatable bonds is 5. The van der Waals surface area contributed by atoms with Crippen LogP contribution in [0, 0.1) is 10.1 Å². The average molecular weight is 247 g/mol. The number of nitro groups is 1. The Bertz CT molecular complexity index is 537. The number of hydrogen-bond donors (Lipinski definition) is 1. The molecule has 0 atom stereocenters. The molecule has 18 heavy (non-hydrogen) atoms. The number of aryl methyl sites for hydroxylation is 2. The van der Waals surface area contributed by atoms with Crippen LogP contribution >= 0.6 is 0 Å². The highest BCUT2D eigenvalue weighted by atomic mass is 16.6. The van der Waals surface area contributed by atoms with Gasteiger partial charge in [-0.15, -0.1) is 0 Å². The van der Waals surface area contributed by atoms with E-state index in [1.54, 1.807) is 0 Å². The molecule has 94 valence electrons. The zero-order valence-electron chi connectivity index (χ0n) is 9.69. The first kappa shape index (κ1) is 12.3. The van der Waals surface area contributed by atoms with Crippen molar-refractivity contribution >= 4 is 5.69 Å². The summed E-state index contributed by atoms with van der Waals surface area (Å²) in [7, 11) is 0. The van der Waals surface area contributed by atoms with Crippen LogP contribution in [-0.2, 0) is 19.6 Å². The molecule has 6 heteroatoms. The molecule has 0 aliphatic rings. The molecular weight excluding hydrogens is 234 g/mol. The van der Waals surface area contributed by atoms with E-state index in [4.69, 9.17) is 5.11 Å². The van der Waals surface area contributed by atoms with Gasteiger partial charge in [-0.2, -0.15) is 5.10 Å². The van der Waals surface area contributed by atoms with Gasteiger partial charge < -0.3 is 5.11 Å². The lowest BCUT2D eigenvalue weighted by molar-refractivity contribution is -0.385. The fourth-order valence-corrected chi connectivity index (χ4v) is 1.72. The van der Waals surface area contributed by atoms with Crippen molar-refractivity contribution in [2.45, 2.75) is 19.6 Å². The molecule has 0 fully saturated rings. The highest BCUT2D eigenvalue weighted by Gasteiger charge is 2.18. The van der Waals surface area contributed by atoms with E-state index < -0.39 is 11.5 Å². The van der Waals surface area contributed by atoms with Crippen molar-refractivity contribution in [3.63, 3.8) is 0 Å². The van der Waals surface area contributed by atoms with Gasteiger partial charge >= 0.3 is 5.69 Å². The maximum absolute atomic E-state index is 10.7. The zero-order valence-corrected chi connectivity index (χ0v) is 9.69. The van der Waals surface area contributed by atoms with Gasteiger partial charge in [-0.25, -0.2) is 0 Å². The van der Waals surface area contributed by atoms with E-state index in [1.165, 1.54) is 10.9 Å². The lowest BCUT2D eigenvalue weighted by Crippen LogP contribution is -2.02. The van der Waals surface area contributed by atoms with Gasteiger partial charge in [-0.3, -0.25) is 14.8 Å². The molecule has 1 aromatic carbocycles. The van der Waals surface area contributed by atoms with E-state index in [0.29, 0.717) is 6.54 Å². The Labute approximate surface area is 104 Å². The molecule has 0 aliphatic heterocycles. The molecule has 6 nitrogen and oxygen atoms in total. The number of hydrogen-bond acceptors (Lipinski definition) is 4. The number of benzene rings is 1. The van der Waals surface area contributed by atoms with Crippen LogP contribution in [0.4, 0.5) is 5.69 Å². The highest BCUT2D eigenvalue weighted by Crippen LogP contribution is 2.16. The summed E-state index contributed by atoms with van der Waals surface area (Å²) in [4.78, 5) is 10.2. The van der Waals surface area contributed by atoms with Crippen LogP contribution in [-0.4, -0.2) is 19.8 Å². The monoisotopic (exact) mass is 247 g/mol. The van der Waals surface area contributed by atoms with Crippen LogP contribution < -0.4 is 0 Å². The second-order valence-electron chi connectivity index (χ2n) is 3.87. The van der Waals surface area contributed by atoms with E-state index in [0.717, 1.165) is 12.0 Å². The fourth-order valence-electron chi connectivity index (χ4n) is 1.72. The minimum Gasteiger partial charge on any atom is -0.390 e. The Morgan fingerprint density at radius 2 is 2.06 bits per heavy atom. The molecule has 1 heterocycles. The largest absolute Gasteiger partial charge is 0.390 e. The van der Waals surface area contributed by atoms with Crippen molar-refractivity contribution in [1.82, 2.24) is 9.78 Å². The Morgan fingerprint density at radius 1 is 1.33 bits per heavy atom. The molecule has 0 amide bonds. The predicted molar refractivity (Wildman–Crippen MR) is 65.0 cm³/mol. The molecule has 2 rings (SSSR count). The van der Waals surface area contributed by atoms with Gasteiger partial charge in [0.25, 0.3) is 0 Å². The molecule has 0 spiro atoms. The van der Waals surface area contributed by atoms with Crippen molar-refractivity contribution in [2.24, 2.45) is 0 Å². The summed E-state index contributed by atoms with van der Waals surface area (Å²) in [6.45, 7) is 0.125. The molecule has 1 aromatic heterocycles. The van der Waals surface area contributed by atoms with Gasteiger partial charge in [0.05, 0.1) is 11.5 Å². The Hall–Kier alpha value is -2.21. The van der Waals surface area contributed by atoms with Crippen molar-refractivity contribution < 1.29 is 10.0 Å². The molecule has 0 aliphatic carbocycles. The molecule has 0 bridgehead atoms. The van der Waals surface area contributed by atoms with Crippen LogP contribution in [0.3, 0.4) is 0 Å². The van der Waals surface area contributed by atoms with Crippen LogP contribution in [0.5, 0.6) is 0 Å². The SMILES string of the molecule is O=[N+]([O-])c1cn(CCc2ccccc2)nc1CO. The third-order valence-electron chi connectivity index (χ3n) is 2.63. The first-order valence-electron chi connectivity index (χ1n) is 5.56. The molecule has 0 radical (unpaired) electrons. The molecule has 0 saturated carbocycles. The maximum atomic E-state index is 10.7. The number of nitrogens with zero attached hydrogens (tertiary/aromatic N) is 3. The Morgan fingerprint density at radius 3 is 2.61 bits per heavy atom. The summed E-state index contributed by atoms with van der Waals surface area (Å²) in [6, 6.07) is 9.81. The molecule has 0 saturated heterocycles. The third-order valence-corrected chi connectivity index (χ3v) is 2.63. The summed E-state index contributed by atoms with van der Waals surface area (Å²) in [6.07, 6.45) is 2.10. The normalized spacial score (nSPS) is 10.5. The van der Waals surface area contributed by atoms with E-state index in [1.807, 2.05) is 30.3 Å². The molecule has 2 aromatic rings. The lowest BCUT2D eigenvalue weighted by atomic mass is 10.1. The van der Waals surface area contributed by atoms with Gasteiger partial charge in [0.15, 0.2) is 5.69 Å². The second kappa shape index (κ2) is 5.42. The standard InChI is InChI=1S/C12H13N3O3/c16-9-11-12(15(17)18)8-14(13-11)7-6-10-4-2-1-3-5-10/h1-5,8,16H,6-7,9H2. The van der Waals surface area contributed by atoms with E-state index >= 15 is 0 Å². The van der Waals surface area contributed by atoms with Crippen LogP contribution in [0.15, 0.2) is 36.5 Å². The third kappa shape index (κ3) is 2.72. The summed E-state index contributed by atoms with van der Waals surface area (Å²) < 4.78 is 1.50. The first-order chi connectivity index (χ1) is 8.70. The van der Waals surface area contributed by atoms with Crippen molar-refractivity contribution in [2.75, 3.05) is 0 Å². The van der Waals surface area contributed by atoms with Gasteiger partial charge in [0.2, 0.25) is 0 Å². The summed E-state index contributed by atoms with van der Waals surface area (Å²) in [5.74, 6) is 0. The van der Waals surface area contributed by atoms with E-state index in [9.17, 15) is 10.1 Å². The first-order valence-corrected chi connectivity index (χ1v) is 5.56. The van der Waals surface area contributed by atoms with Crippen molar-refractivity contribution in [1.29, 1.82) is 0 Å². The Balaban J connectivity index is 2.08. The molecular formula is C12H13N3O3. The summed E-state index contributed by atoms with van der Waals surface area (Å²) in [5, 5.41) is 23.7. The second-order valence-corrected chi connectivity index (χ2v) is 3.87. The Kier molecular flexibility index (Phi) is 3.69. The minimum absolute atomic E-state index is 0.105. The van der Waals surface area contributed by atoms with Crippen LogP contribution in [0.1, 0.15) is 11.3 Å². The topological polar surface area (TPSA) is 81.2 Å².